The minimum absolute atomic E-state index is 0.0215. The Bertz CT molecular complexity index is 380. The molecule has 0 spiro atoms. The second-order valence-electron chi connectivity index (χ2n) is 4.97. The van der Waals surface area contributed by atoms with Crippen LogP contribution < -0.4 is 5.32 Å². The minimum atomic E-state index is -3.05. The van der Waals surface area contributed by atoms with Crippen molar-refractivity contribution < 1.29 is 13.2 Å². The molecule has 1 fully saturated rings. The molecule has 6 heteroatoms. The SMILES string of the molecule is CCC(C)C1NCN(C(C)CS(C)(=O)=O)C1=O. The normalized spacial score (nSPS) is 25.1. The molecule has 0 saturated carbocycles. The maximum Gasteiger partial charge on any atom is 0.241 e. The molecule has 0 radical (unpaired) electrons. The Morgan fingerprint density at radius 2 is 2.06 bits per heavy atom. The van der Waals surface area contributed by atoms with Gasteiger partial charge in [-0.1, -0.05) is 20.3 Å². The average Bonchev–Trinajstić information content (AvgIpc) is 2.56. The highest BCUT2D eigenvalue weighted by Gasteiger charge is 2.37. The lowest BCUT2D eigenvalue weighted by atomic mass is 9.99. The van der Waals surface area contributed by atoms with Crippen molar-refractivity contribution in [3.63, 3.8) is 0 Å². The van der Waals surface area contributed by atoms with E-state index in [2.05, 4.69) is 5.32 Å². The number of nitrogens with one attached hydrogen (secondary N) is 1. The highest BCUT2D eigenvalue weighted by molar-refractivity contribution is 7.90. The van der Waals surface area contributed by atoms with Gasteiger partial charge in [0.15, 0.2) is 0 Å². The maximum absolute atomic E-state index is 12.1. The summed E-state index contributed by atoms with van der Waals surface area (Å²) in [6.07, 6.45) is 2.13. The topological polar surface area (TPSA) is 66.5 Å². The standard InChI is InChI=1S/C11H22N2O3S/c1-5-8(2)10-11(14)13(7-12-10)9(3)6-17(4,15)16/h8-10,12H,5-7H2,1-4H3. The molecule has 0 aromatic carbocycles. The van der Waals surface area contributed by atoms with E-state index < -0.39 is 9.84 Å². The van der Waals surface area contributed by atoms with Gasteiger partial charge in [-0.05, 0) is 12.8 Å². The second-order valence-corrected chi connectivity index (χ2v) is 7.16. The van der Waals surface area contributed by atoms with Crippen LogP contribution >= 0.6 is 0 Å². The van der Waals surface area contributed by atoms with Gasteiger partial charge in [-0.3, -0.25) is 10.1 Å². The van der Waals surface area contributed by atoms with E-state index >= 15 is 0 Å². The average molecular weight is 262 g/mol. The first-order valence-corrected chi connectivity index (χ1v) is 8.04. The molecule has 100 valence electrons. The lowest BCUT2D eigenvalue weighted by molar-refractivity contribution is -0.131. The fourth-order valence-electron chi connectivity index (χ4n) is 2.12. The Labute approximate surface area is 103 Å². The molecule has 0 aromatic heterocycles. The Morgan fingerprint density at radius 3 is 2.53 bits per heavy atom. The highest BCUT2D eigenvalue weighted by atomic mass is 32.2. The molecule has 1 N–H and O–H groups in total. The number of carbonyl (C=O) groups excluding carboxylic acids is 1. The predicted molar refractivity (Wildman–Crippen MR) is 67.3 cm³/mol. The number of rotatable bonds is 5. The third kappa shape index (κ3) is 3.67. The van der Waals surface area contributed by atoms with Gasteiger partial charge in [-0.25, -0.2) is 8.42 Å². The van der Waals surface area contributed by atoms with Crippen molar-refractivity contribution in [2.24, 2.45) is 5.92 Å². The summed E-state index contributed by atoms with van der Waals surface area (Å²) in [5.74, 6) is 0.321. The smallest absolute Gasteiger partial charge is 0.241 e. The van der Waals surface area contributed by atoms with Crippen LogP contribution in [0.4, 0.5) is 0 Å². The first kappa shape index (κ1) is 14.4. The molecule has 3 atom stereocenters. The Morgan fingerprint density at radius 1 is 1.47 bits per heavy atom. The maximum atomic E-state index is 12.1. The number of hydrogen-bond donors (Lipinski definition) is 1. The van der Waals surface area contributed by atoms with Crippen LogP contribution in [0.5, 0.6) is 0 Å². The summed E-state index contributed by atoms with van der Waals surface area (Å²) in [4.78, 5) is 13.7. The summed E-state index contributed by atoms with van der Waals surface area (Å²) < 4.78 is 22.4. The summed E-state index contributed by atoms with van der Waals surface area (Å²) in [5.41, 5.74) is 0. The predicted octanol–water partition coefficient (Wildman–Crippen LogP) is 0.224. The summed E-state index contributed by atoms with van der Waals surface area (Å²) in [7, 11) is -3.05. The van der Waals surface area contributed by atoms with Crippen LogP contribution in [0.3, 0.4) is 0 Å². The van der Waals surface area contributed by atoms with E-state index in [0.29, 0.717) is 6.67 Å². The van der Waals surface area contributed by atoms with E-state index in [1.54, 1.807) is 11.8 Å². The third-order valence-corrected chi connectivity index (χ3v) is 4.41. The van der Waals surface area contributed by atoms with Gasteiger partial charge in [0, 0.05) is 12.3 Å². The van der Waals surface area contributed by atoms with E-state index in [4.69, 9.17) is 0 Å². The summed E-state index contributed by atoms with van der Waals surface area (Å²) in [5, 5.41) is 3.16. The van der Waals surface area contributed by atoms with Crippen molar-refractivity contribution in [2.45, 2.75) is 39.3 Å². The first-order valence-electron chi connectivity index (χ1n) is 5.97. The molecule has 1 amide bonds. The second kappa shape index (κ2) is 5.35. The van der Waals surface area contributed by atoms with E-state index in [0.717, 1.165) is 6.42 Å². The fraction of sp³-hybridized carbons (Fsp3) is 0.909. The summed E-state index contributed by atoms with van der Waals surface area (Å²) in [6.45, 7) is 6.30. The minimum Gasteiger partial charge on any atom is -0.325 e. The van der Waals surface area contributed by atoms with Crippen LogP contribution in [-0.4, -0.2) is 50.0 Å². The van der Waals surface area contributed by atoms with Gasteiger partial charge >= 0.3 is 0 Å². The van der Waals surface area contributed by atoms with E-state index in [1.807, 2.05) is 13.8 Å². The number of sulfone groups is 1. The quantitative estimate of drug-likeness (QED) is 0.770. The lowest BCUT2D eigenvalue weighted by Crippen LogP contribution is -2.41. The molecule has 1 rings (SSSR count). The highest BCUT2D eigenvalue weighted by Crippen LogP contribution is 2.17. The van der Waals surface area contributed by atoms with Gasteiger partial charge in [0.25, 0.3) is 0 Å². The monoisotopic (exact) mass is 262 g/mol. The number of amides is 1. The van der Waals surface area contributed by atoms with Crippen molar-refractivity contribution in [2.75, 3.05) is 18.7 Å². The molecular formula is C11H22N2O3S. The number of nitrogens with zero attached hydrogens (tertiary/aromatic N) is 1. The first-order chi connectivity index (χ1) is 7.76. The van der Waals surface area contributed by atoms with Crippen molar-refractivity contribution in [1.29, 1.82) is 0 Å². The van der Waals surface area contributed by atoms with Crippen molar-refractivity contribution in [1.82, 2.24) is 10.2 Å². The van der Waals surface area contributed by atoms with Crippen LogP contribution in [0.25, 0.3) is 0 Å². The molecule has 0 bridgehead atoms. The zero-order valence-corrected chi connectivity index (χ0v) is 11.8. The van der Waals surface area contributed by atoms with E-state index in [-0.39, 0.29) is 29.7 Å². The van der Waals surface area contributed by atoms with Crippen LogP contribution in [-0.2, 0) is 14.6 Å². The van der Waals surface area contributed by atoms with Gasteiger partial charge in [-0.2, -0.15) is 0 Å². The molecule has 0 aliphatic carbocycles. The summed E-state index contributed by atoms with van der Waals surface area (Å²) in [6, 6.07) is -0.430. The van der Waals surface area contributed by atoms with Crippen molar-refractivity contribution in [3.05, 3.63) is 0 Å². The van der Waals surface area contributed by atoms with Gasteiger partial charge < -0.3 is 4.90 Å². The molecular weight excluding hydrogens is 240 g/mol. The molecule has 1 heterocycles. The molecule has 1 aliphatic heterocycles. The summed E-state index contributed by atoms with van der Waals surface area (Å²) >= 11 is 0. The van der Waals surface area contributed by atoms with Gasteiger partial charge in [0.1, 0.15) is 9.84 Å². The van der Waals surface area contributed by atoms with Crippen LogP contribution in [0, 0.1) is 5.92 Å². The Balaban J connectivity index is 2.67. The van der Waals surface area contributed by atoms with Gasteiger partial charge in [-0.15, -0.1) is 0 Å². The van der Waals surface area contributed by atoms with Crippen molar-refractivity contribution in [3.8, 4) is 0 Å². The van der Waals surface area contributed by atoms with Gasteiger partial charge in [0.2, 0.25) is 5.91 Å². The molecule has 0 aromatic rings. The van der Waals surface area contributed by atoms with Crippen LogP contribution in [0.15, 0.2) is 0 Å². The van der Waals surface area contributed by atoms with Gasteiger partial charge in [0.05, 0.1) is 18.5 Å². The Hall–Kier alpha value is -0.620. The lowest BCUT2D eigenvalue weighted by Gasteiger charge is -2.23. The third-order valence-electron chi connectivity index (χ3n) is 3.32. The Kier molecular flexibility index (Phi) is 4.55. The largest absolute Gasteiger partial charge is 0.325 e. The van der Waals surface area contributed by atoms with E-state index in [9.17, 15) is 13.2 Å². The number of hydrogen-bond acceptors (Lipinski definition) is 4. The van der Waals surface area contributed by atoms with Crippen LogP contribution in [0.1, 0.15) is 27.2 Å². The van der Waals surface area contributed by atoms with E-state index in [1.165, 1.54) is 6.26 Å². The molecule has 17 heavy (non-hydrogen) atoms. The molecule has 1 aliphatic rings. The zero-order valence-electron chi connectivity index (χ0n) is 10.9. The van der Waals surface area contributed by atoms with Crippen molar-refractivity contribution >= 4 is 15.7 Å². The zero-order chi connectivity index (χ0) is 13.2. The molecule has 3 unspecified atom stereocenters. The fourth-order valence-corrected chi connectivity index (χ4v) is 3.18. The molecule has 5 nitrogen and oxygen atoms in total. The number of carbonyl (C=O) groups is 1. The van der Waals surface area contributed by atoms with Crippen LogP contribution in [0.2, 0.25) is 0 Å². The molecule has 1 saturated heterocycles.